The van der Waals surface area contributed by atoms with Crippen LogP contribution in [-0.2, 0) is 6.54 Å². The van der Waals surface area contributed by atoms with E-state index in [4.69, 9.17) is 0 Å². The van der Waals surface area contributed by atoms with Gasteiger partial charge in [-0.2, -0.15) is 0 Å². The van der Waals surface area contributed by atoms with E-state index in [-0.39, 0.29) is 0 Å². The number of benzene rings is 2. The predicted octanol–water partition coefficient (Wildman–Crippen LogP) is 4.07. The van der Waals surface area contributed by atoms with Gasteiger partial charge in [0.25, 0.3) is 0 Å². The van der Waals surface area contributed by atoms with Gasteiger partial charge in [-0.15, -0.1) is 0 Å². The highest BCUT2D eigenvalue weighted by atomic mass is 79.9. The summed E-state index contributed by atoms with van der Waals surface area (Å²) in [5.41, 5.74) is 2.60. The zero-order chi connectivity index (χ0) is 14.2. The van der Waals surface area contributed by atoms with Gasteiger partial charge in [0.15, 0.2) is 0 Å². The van der Waals surface area contributed by atoms with Crippen LogP contribution in [0.2, 0.25) is 0 Å². The summed E-state index contributed by atoms with van der Waals surface area (Å²) >= 11 is 3.45. The third-order valence-electron chi connectivity index (χ3n) is 3.29. The fourth-order valence-corrected chi connectivity index (χ4v) is 2.35. The first kappa shape index (κ1) is 15.1. The van der Waals surface area contributed by atoms with E-state index in [1.54, 1.807) is 0 Å². The van der Waals surface area contributed by atoms with Gasteiger partial charge >= 0.3 is 0 Å². The number of rotatable bonds is 7. The van der Waals surface area contributed by atoms with Crippen LogP contribution < -0.4 is 10.2 Å². The number of halogens is 1. The minimum absolute atomic E-state index is 0.933. The Morgan fingerprint density at radius 3 is 2.40 bits per heavy atom. The normalized spacial score (nSPS) is 10.5. The molecule has 2 rings (SSSR count). The molecule has 0 heterocycles. The molecule has 0 unspecified atom stereocenters. The van der Waals surface area contributed by atoms with Crippen LogP contribution in [0.1, 0.15) is 12.0 Å². The summed E-state index contributed by atoms with van der Waals surface area (Å²) in [6.07, 6.45) is 1.14. The second kappa shape index (κ2) is 8.08. The van der Waals surface area contributed by atoms with Crippen molar-refractivity contribution >= 4 is 21.6 Å². The molecule has 0 saturated heterocycles. The Hall–Kier alpha value is -1.32. The highest BCUT2D eigenvalue weighted by molar-refractivity contribution is 9.10. The van der Waals surface area contributed by atoms with E-state index in [9.17, 15) is 0 Å². The van der Waals surface area contributed by atoms with Crippen LogP contribution in [0.25, 0.3) is 0 Å². The third kappa shape index (κ3) is 4.99. The van der Waals surface area contributed by atoms with Crippen molar-refractivity contribution in [3.8, 4) is 0 Å². The van der Waals surface area contributed by atoms with Gasteiger partial charge in [0.05, 0.1) is 0 Å². The van der Waals surface area contributed by atoms with E-state index >= 15 is 0 Å². The van der Waals surface area contributed by atoms with Gasteiger partial charge in [-0.05, 0) is 42.8 Å². The van der Waals surface area contributed by atoms with Crippen molar-refractivity contribution in [3.05, 3.63) is 64.6 Å². The monoisotopic (exact) mass is 332 g/mol. The Bertz CT molecular complexity index is 496. The number of nitrogens with one attached hydrogen (secondary N) is 1. The molecule has 2 aromatic carbocycles. The molecule has 0 spiro atoms. The van der Waals surface area contributed by atoms with Crippen molar-refractivity contribution in [2.24, 2.45) is 0 Å². The van der Waals surface area contributed by atoms with Gasteiger partial charge < -0.3 is 10.2 Å². The quantitative estimate of drug-likeness (QED) is 0.769. The Morgan fingerprint density at radius 2 is 1.70 bits per heavy atom. The minimum Gasteiger partial charge on any atom is -0.375 e. The van der Waals surface area contributed by atoms with Gasteiger partial charge in [0.1, 0.15) is 0 Å². The molecule has 0 aromatic heterocycles. The smallest absolute Gasteiger partial charge is 0.0363 e. The summed E-state index contributed by atoms with van der Waals surface area (Å²) in [4.78, 5) is 2.29. The molecule has 2 nitrogen and oxygen atoms in total. The zero-order valence-electron chi connectivity index (χ0n) is 11.8. The second-order valence-corrected chi connectivity index (χ2v) is 5.83. The molecule has 20 heavy (non-hydrogen) atoms. The molecule has 0 aliphatic heterocycles. The van der Waals surface area contributed by atoms with Crippen molar-refractivity contribution in [1.29, 1.82) is 0 Å². The summed E-state index contributed by atoms with van der Waals surface area (Å²) in [7, 11) is 2.14. The highest BCUT2D eigenvalue weighted by Crippen LogP contribution is 2.11. The lowest BCUT2D eigenvalue weighted by atomic mass is 10.2. The Morgan fingerprint density at radius 1 is 1.00 bits per heavy atom. The molecule has 0 aliphatic carbocycles. The standard InChI is InChI=1S/C17H21BrN2/c1-20(17-6-3-2-4-7-17)13-5-12-19-14-15-8-10-16(18)11-9-15/h2-4,6-11,19H,5,12-14H2,1H3. The van der Waals surface area contributed by atoms with E-state index in [0.29, 0.717) is 0 Å². The first-order chi connectivity index (χ1) is 9.75. The molecule has 0 bridgehead atoms. The molecule has 0 fully saturated rings. The summed E-state index contributed by atoms with van der Waals surface area (Å²) in [6, 6.07) is 19.0. The van der Waals surface area contributed by atoms with Gasteiger partial charge in [-0.1, -0.05) is 46.3 Å². The van der Waals surface area contributed by atoms with Crippen LogP contribution in [0, 0.1) is 0 Å². The fraction of sp³-hybridized carbons (Fsp3) is 0.294. The van der Waals surface area contributed by atoms with Crippen LogP contribution in [0.3, 0.4) is 0 Å². The maximum Gasteiger partial charge on any atom is 0.0363 e. The lowest BCUT2D eigenvalue weighted by Gasteiger charge is -2.19. The molecule has 3 heteroatoms. The largest absolute Gasteiger partial charge is 0.375 e. The van der Waals surface area contributed by atoms with E-state index in [2.05, 4.69) is 87.8 Å². The number of nitrogens with zero attached hydrogens (tertiary/aromatic N) is 1. The van der Waals surface area contributed by atoms with Gasteiger partial charge in [-0.3, -0.25) is 0 Å². The molecular weight excluding hydrogens is 312 g/mol. The summed E-state index contributed by atoms with van der Waals surface area (Å²) in [5, 5.41) is 3.49. The number of hydrogen-bond donors (Lipinski definition) is 1. The Balaban J connectivity index is 1.63. The van der Waals surface area contributed by atoms with Crippen molar-refractivity contribution in [2.45, 2.75) is 13.0 Å². The maximum atomic E-state index is 3.49. The van der Waals surface area contributed by atoms with E-state index < -0.39 is 0 Å². The second-order valence-electron chi connectivity index (χ2n) is 4.91. The van der Waals surface area contributed by atoms with Crippen LogP contribution in [0.4, 0.5) is 5.69 Å². The first-order valence-electron chi connectivity index (χ1n) is 6.97. The summed E-state index contributed by atoms with van der Waals surface area (Å²) in [6.45, 7) is 3.03. The topological polar surface area (TPSA) is 15.3 Å². The molecule has 2 aromatic rings. The Labute approximate surface area is 129 Å². The van der Waals surface area contributed by atoms with Crippen LogP contribution in [-0.4, -0.2) is 20.1 Å². The third-order valence-corrected chi connectivity index (χ3v) is 3.82. The molecule has 0 aliphatic rings. The highest BCUT2D eigenvalue weighted by Gasteiger charge is 1.99. The van der Waals surface area contributed by atoms with Crippen molar-refractivity contribution in [3.63, 3.8) is 0 Å². The number of anilines is 1. The van der Waals surface area contributed by atoms with Crippen molar-refractivity contribution in [1.82, 2.24) is 5.32 Å². The average Bonchev–Trinajstić information content (AvgIpc) is 2.49. The van der Waals surface area contributed by atoms with Crippen molar-refractivity contribution in [2.75, 3.05) is 25.0 Å². The molecule has 0 radical (unpaired) electrons. The molecule has 0 saturated carbocycles. The predicted molar refractivity (Wildman–Crippen MR) is 90.2 cm³/mol. The van der Waals surface area contributed by atoms with Crippen molar-refractivity contribution < 1.29 is 0 Å². The van der Waals surface area contributed by atoms with E-state index in [1.807, 2.05) is 0 Å². The SMILES string of the molecule is CN(CCCNCc1ccc(Br)cc1)c1ccccc1. The van der Waals surface area contributed by atoms with Crippen LogP contribution >= 0.6 is 15.9 Å². The van der Waals surface area contributed by atoms with Gasteiger partial charge in [-0.25, -0.2) is 0 Å². The number of hydrogen-bond acceptors (Lipinski definition) is 2. The minimum atomic E-state index is 0.933. The van der Waals surface area contributed by atoms with Crippen LogP contribution in [0.5, 0.6) is 0 Å². The fourth-order valence-electron chi connectivity index (χ4n) is 2.09. The van der Waals surface area contributed by atoms with Gasteiger partial charge in [0, 0.05) is 30.3 Å². The maximum absolute atomic E-state index is 3.49. The first-order valence-corrected chi connectivity index (χ1v) is 7.76. The zero-order valence-corrected chi connectivity index (χ0v) is 13.4. The molecule has 0 amide bonds. The summed E-state index contributed by atoms with van der Waals surface area (Å²) < 4.78 is 1.13. The molecule has 1 N–H and O–H groups in total. The molecule has 106 valence electrons. The Kier molecular flexibility index (Phi) is 6.09. The molecular formula is C17H21BrN2. The van der Waals surface area contributed by atoms with E-state index in [0.717, 1.165) is 30.5 Å². The van der Waals surface area contributed by atoms with E-state index in [1.165, 1.54) is 11.3 Å². The van der Waals surface area contributed by atoms with Gasteiger partial charge in [0.2, 0.25) is 0 Å². The average molecular weight is 333 g/mol. The van der Waals surface area contributed by atoms with Crippen LogP contribution in [0.15, 0.2) is 59.1 Å². The number of para-hydroxylation sites is 1. The molecule has 0 atom stereocenters. The lowest BCUT2D eigenvalue weighted by Crippen LogP contribution is -2.23. The lowest BCUT2D eigenvalue weighted by molar-refractivity contribution is 0.646. The summed E-state index contributed by atoms with van der Waals surface area (Å²) in [5.74, 6) is 0.